The van der Waals surface area contributed by atoms with Crippen LogP contribution < -0.4 is 0 Å². The number of aromatic nitrogens is 2. The predicted molar refractivity (Wildman–Crippen MR) is 54.0 cm³/mol. The van der Waals surface area contributed by atoms with E-state index in [2.05, 4.69) is 15.1 Å². The molecule has 0 aliphatic carbocycles. The van der Waals surface area contributed by atoms with Crippen molar-refractivity contribution in [3.63, 3.8) is 0 Å². The highest BCUT2D eigenvalue weighted by Gasteiger charge is 2.21. The van der Waals surface area contributed by atoms with Crippen LogP contribution in [0.4, 0.5) is 0 Å². The molecule has 14 heavy (non-hydrogen) atoms. The van der Waals surface area contributed by atoms with Gasteiger partial charge in [-0.15, -0.1) is 0 Å². The second-order valence-corrected chi connectivity index (χ2v) is 4.09. The maximum absolute atomic E-state index is 9.40. The standard InChI is InChI=1S/C10H17N3O/c1-7-10(8(2)12-11-7)6-13-4-3-9(14)5-13/h9,14H,3-6H2,1-2H3,(H,11,12)/t9-/m1/s1. The van der Waals surface area contributed by atoms with Crippen molar-refractivity contribution in [2.45, 2.75) is 32.9 Å². The third kappa shape index (κ3) is 1.81. The Morgan fingerprint density at radius 2 is 2.36 bits per heavy atom. The molecule has 0 spiro atoms. The van der Waals surface area contributed by atoms with Crippen molar-refractivity contribution in [3.8, 4) is 0 Å². The lowest BCUT2D eigenvalue weighted by Gasteiger charge is -2.14. The lowest BCUT2D eigenvalue weighted by Crippen LogP contribution is -2.22. The largest absolute Gasteiger partial charge is 0.392 e. The number of hydrogen-bond donors (Lipinski definition) is 2. The second-order valence-electron chi connectivity index (χ2n) is 4.09. The number of aliphatic hydroxyl groups is 1. The van der Waals surface area contributed by atoms with E-state index >= 15 is 0 Å². The van der Waals surface area contributed by atoms with Crippen LogP contribution >= 0.6 is 0 Å². The number of rotatable bonds is 2. The SMILES string of the molecule is Cc1n[nH]c(C)c1CN1CC[C@@H](O)C1. The molecule has 0 bridgehead atoms. The number of hydrogen-bond acceptors (Lipinski definition) is 3. The highest BCUT2D eigenvalue weighted by molar-refractivity contribution is 5.23. The van der Waals surface area contributed by atoms with Crippen LogP contribution in [0, 0.1) is 13.8 Å². The zero-order chi connectivity index (χ0) is 10.1. The predicted octanol–water partition coefficient (Wildman–Crippen LogP) is 0.593. The summed E-state index contributed by atoms with van der Waals surface area (Å²) in [6, 6.07) is 0. The number of nitrogens with zero attached hydrogens (tertiary/aromatic N) is 2. The number of H-pyrrole nitrogens is 1. The van der Waals surface area contributed by atoms with Gasteiger partial charge >= 0.3 is 0 Å². The van der Waals surface area contributed by atoms with Gasteiger partial charge in [0.2, 0.25) is 0 Å². The van der Waals surface area contributed by atoms with Gasteiger partial charge in [0.05, 0.1) is 11.8 Å². The topological polar surface area (TPSA) is 52.2 Å². The highest BCUT2D eigenvalue weighted by atomic mass is 16.3. The Morgan fingerprint density at radius 3 is 2.86 bits per heavy atom. The van der Waals surface area contributed by atoms with Gasteiger partial charge in [-0.1, -0.05) is 0 Å². The molecule has 2 rings (SSSR count). The smallest absolute Gasteiger partial charge is 0.0679 e. The van der Waals surface area contributed by atoms with E-state index in [0.29, 0.717) is 0 Å². The van der Waals surface area contributed by atoms with Gasteiger partial charge in [-0.2, -0.15) is 5.10 Å². The maximum atomic E-state index is 9.40. The molecule has 78 valence electrons. The summed E-state index contributed by atoms with van der Waals surface area (Å²) < 4.78 is 0. The van der Waals surface area contributed by atoms with Crippen molar-refractivity contribution in [1.29, 1.82) is 0 Å². The molecule has 0 aromatic carbocycles. The van der Waals surface area contributed by atoms with Crippen molar-refractivity contribution in [2.24, 2.45) is 0 Å². The Morgan fingerprint density at radius 1 is 1.57 bits per heavy atom. The normalized spacial score (nSPS) is 23.2. The Kier molecular flexibility index (Phi) is 2.56. The van der Waals surface area contributed by atoms with Crippen molar-refractivity contribution < 1.29 is 5.11 Å². The van der Waals surface area contributed by atoms with Crippen LogP contribution in [0.3, 0.4) is 0 Å². The minimum atomic E-state index is -0.137. The molecule has 1 aromatic heterocycles. The molecule has 1 aliphatic rings. The molecule has 1 aliphatic heterocycles. The van der Waals surface area contributed by atoms with E-state index in [4.69, 9.17) is 0 Å². The molecule has 0 amide bonds. The average molecular weight is 195 g/mol. The first kappa shape index (κ1) is 9.68. The van der Waals surface area contributed by atoms with Gasteiger partial charge in [-0.05, 0) is 20.3 Å². The Balaban J connectivity index is 2.04. The second kappa shape index (κ2) is 3.71. The summed E-state index contributed by atoms with van der Waals surface area (Å²) in [4.78, 5) is 2.27. The van der Waals surface area contributed by atoms with E-state index in [1.54, 1.807) is 0 Å². The van der Waals surface area contributed by atoms with Crippen molar-refractivity contribution in [3.05, 3.63) is 17.0 Å². The fourth-order valence-corrected chi connectivity index (χ4v) is 1.99. The summed E-state index contributed by atoms with van der Waals surface area (Å²) in [7, 11) is 0. The first-order valence-corrected chi connectivity index (χ1v) is 5.07. The molecule has 0 saturated carbocycles. The molecular weight excluding hydrogens is 178 g/mol. The third-order valence-corrected chi connectivity index (χ3v) is 2.91. The lowest BCUT2D eigenvalue weighted by atomic mass is 10.2. The molecule has 2 heterocycles. The number of nitrogens with one attached hydrogen (secondary N) is 1. The summed E-state index contributed by atoms with van der Waals surface area (Å²) in [5, 5.41) is 16.5. The van der Waals surface area contributed by atoms with E-state index in [1.807, 2.05) is 13.8 Å². The van der Waals surface area contributed by atoms with E-state index < -0.39 is 0 Å². The van der Waals surface area contributed by atoms with Crippen LogP contribution in [0.15, 0.2) is 0 Å². The van der Waals surface area contributed by atoms with Crippen molar-refractivity contribution >= 4 is 0 Å². The summed E-state index contributed by atoms with van der Waals surface area (Å²) in [5.41, 5.74) is 3.49. The van der Waals surface area contributed by atoms with Gasteiger partial charge in [-0.3, -0.25) is 10.00 Å². The molecule has 1 aromatic rings. The van der Waals surface area contributed by atoms with Gasteiger partial charge in [0.1, 0.15) is 0 Å². The van der Waals surface area contributed by atoms with Crippen LogP contribution in [0.1, 0.15) is 23.4 Å². The summed E-state index contributed by atoms with van der Waals surface area (Å²) in [5.74, 6) is 0. The van der Waals surface area contributed by atoms with Crippen LogP contribution in [-0.2, 0) is 6.54 Å². The Labute approximate surface area is 83.9 Å². The molecule has 1 atom stereocenters. The van der Waals surface area contributed by atoms with Crippen LogP contribution in [0.25, 0.3) is 0 Å². The molecule has 1 fully saturated rings. The molecule has 0 radical (unpaired) electrons. The molecule has 0 unspecified atom stereocenters. The fourth-order valence-electron chi connectivity index (χ4n) is 1.99. The molecular formula is C10H17N3O. The average Bonchev–Trinajstić information content (AvgIpc) is 2.67. The van der Waals surface area contributed by atoms with Crippen LogP contribution in [0.5, 0.6) is 0 Å². The summed E-state index contributed by atoms with van der Waals surface area (Å²) in [6.07, 6.45) is 0.762. The van der Waals surface area contributed by atoms with Crippen molar-refractivity contribution in [1.82, 2.24) is 15.1 Å². The van der Waals surface area contributed by atoms with Crippen LogP contribution in [0.2, 0.25) is 0 Å². The van der Waals surface area contributed by atoms with Gasteiger partial charge in [0.25, 0.3) is 0 Å². The molecule has 1 saturated heterocycles. The summed E-state index contributed by atoms with van der Waals surface area (Å²) >= 11 is 0. The van der Waals surface area contributed by atoms with E-state index in [1.165, 1.54) is 5.56 Å². The van der Waals surface area contributed by atoms with Crippen LogP contribution in [-0.4, -0.2) is 39.4 Å². The number of likely N-dealkylation sites (tertiary alicyclic amines) is 1. The number of aliphatic hydroxyl groups excluding tert-OH is 1. The fraction of sp³-hybridized carbons (Fsp3) is 0.700. The van der Waals surface area contributed by atoms with Gasteiger partial charge in [0, 0.05) is 30.9 Å². The maximum Gasteiger partial charge on any atom is 0.0679 e. The van der Waals surface area contributed by atoms with E-state index in [-0.39, 0.29) is 6.10 Å². The molecule has 2 N–H and O–H groups in total. The zero-order valence-electron chi connectivity index (χ0n) is 8.75. The number of β-amino-alcohol motifs (C(OH)–C–C–N with tert-alkyl or cyclic N) is 1. The molecule has 4 heteroatoms. The third-order valence-electron chi connectivity index (χ3n) is 2.91. The summed E-state index contributed by atoms with van der Waals surface area (Å²) in [6.45, 7) is 6.76. The first-order valence-electron chi connectivity index (χ1n) is 5.07. The van der Waals surface area contributed by atoms with E-state index in [0.717, 1.165) is 37.4 Å². The molecule has 4 nitrogen and oxygen atoms in total. The first-order chi connectivity index (χ1) is 6.66. The quantitative estimate of drug-likeness (QED) is 0.726. The van der Waals surface area contributed by atoms with Gasteiger partial charge in [-0.25, -0.2) is 0 Å². The van der Waals surface area contributed by atoms with Crippen molar-refractivity contribution in [2.75, 3.05) is 13.1 Å². The Bertz CT molecular complexity index is 302. The monoisotopic (exact) mass is 195 g/mol. The minimum absolute atomic E-state index is 0.137. The minimum Gasteiger partial charge on any atom is -0.392 e. The zero-order valence-corrected chi connectivity index (χ0v) is 8.75. The lowest BCUT2D eigenvalue weighted by molar-refractivity contribution is 0.174. The van der Waals surface area contributed by atoms with Gasteiger partial charge in [0.15, 0.2) is 0 Å². The number of aryl methyl sites for hydroxylation is 2. The van der Waals surface area contributed by atoms with Gasteiger partial charge < -0.3 is 5.11 Å². The highest BCUT2D eigenvalue weighted by Crippen LogP contribution is 2.16. The Hall–Kier alpha value is -0.870. The van der Waals surface area contributed by atoms with E-state index in [9.17, 15) is 5.11 Å². The number of aromatic amines is 1.